The zero-order valence-electron chi connectivity index (χ0n) is 11.3. The molecular formula is C13H17N3O3S. The highest BCUT2D eigenvalue weighted by molar-refractivity contribution is 7.89. The van der Waals surface area contributed by atoms with Crippen LogP contribution in [0.3, 0.4) is 0 Å². The maximum Gasteiger partial charge on any atom is 0.245 e. The minimum atomic E-state index is -3.66. The molecule has 0 bridgehead atoms. The monoisotopic (exact) mass is 295 g/mol. The van der Waals surface area contributed by atoms with E-state index in [1.54, 1.807) is 7.11 Å². The van der Waals surface area contributed by atoms with E-state index in [2.05, 4.69) is 4.98 Å². The number of pyridine rings is 1. The summed E-state index contributed by atoms with van der Waals surface area (Å²) in [5.74, 6) is 0.200. The highest BCUT2D eigenvalue weighted by atomic mass is 32.2. The zero-order chi connectivity index (χ0) is 14.6. The highest BCUT2D eigenvalue weighted by Crippen LogP contribution is 2.24. The van der Waals surface area contributed by atoms with Crippen LogP contribution in [0.4, 0.5) is 0 Å². The Labute approximate surface area is 119 Å². The van der Waals surface area contributed by atoms with Crippen molar-refractivity contribution in [3.05, 3.63) is 24.0 Å². The third-order valence-electron chi connectivity index (χ3n) is 3.38. The maximum atomic E-state index is 12.6. The van der Waals surface area contributed by atoms with Crippen molar-refractivity contribution in [3.63, 3.8) is 0 Å². The molecule has 1 atom stereocenters. The van der Waals surface area contributed by atoms with E-state index in [0.717, 1.165) is 12.8 Å². The lowest BCUT2D eigenvalue weighted by Crippen LogP contribution is -2.41. The average molecular weight is 295 g/mol. The summed E-state index contributed by atoms with van der Waals surface area (Å²) in [6, 6.07) is 4.80. The van der Waals surface area contributed by atoms with Gasteiger partial charge in [0.1, 0.15) is 11.0 Å². The summed E-state index contributed by atoms with van der Waals surface area (Å²) in [4.78, 5) is 3.81. The van der Waals surface area contributed by atoms with Crippen LogP contribution in [0.2, 0.25) is 0 Å². The van der Waals surface area contributed by atoms with Gasteiger partial charge in [0.05, 0.1) is 6.61 Å². The summed E-state index contributed by atoms with van der Waals surface area (Å²) < 4.78 is 31.8. The number of aromatic nitrogens is 1. The zero-order valence-corrected chi connectivity index (χ0v) is 12.1. The molecule has 20 heavy (non-hydrogen) atoms. The molecule has 6 nitrogen and oxygen atoms in total. The Hall–Kier alpha value is -1.49. The normalized spacial score (nSPS) is 20.5. The molecule has 1 unspecified atom stereocenters. The molecule has 1 saturated heterocycles. The molecule has 1 aliphatic rings. The van der Waals surface area contributed by atoms with Gasteiger partial charge in [0.25, 0.3) is 0 Å². The van der Waals surface area contributed by atoms with E-state index in [4.69, 9.17) is 10.00 Å². The van der Waals surface area contributed by atoms with Crippen LogP contribution in [0.1, 0.15) is 18.5 Å². The predicted octanol–water partition coefficient (Wildman–Crippen LogP) is 1.00. The van der Waals surface area contributed by atoms with Gasteiger partial charge in [-0.05, 0) is 30.9 Å². The van der Waals surface area contributed by atoms with Gasteiger partial charge in [0.2, 0.25) is 10.0 Å². The maximum absolute atomic E-state index is 12.6. The van der Waals surface area contributed by atoms with Crippen LogP contribution in [0.15, 0.2) is 23.2 Å². The Bertz CT molecular complexity index is 608. The molecule has 108 valence electrons. The summed E-state index contributed by atoms with van der Waals surface area (Å²) in [6.45, 7) is 1.45. The Morgan fingerprint density at radius 3 is 3.10 bits per heavy atom. The first-order chi connectivity index (χ1) is 9.59. The molecular weight excluding hydrogens is 278 g/mol. The molecule has 1 fully saturated rings. The van der Waals surface area contributed by atoms with Gasteiger partial charge in [0, 0.05) is 26.4 Å². The quantitative estimate of drug-likeness (QED) is 0.827. The van der Waals surface area contributed by atoms with E-state index in [0.29, 0.717) is 19.7 Å². The number of piperidine rings is 1. The summed E-state index contributed by atoms with van der Waals surface area (Å²) >= 11 is 0. The number of nitrogens with zero attached hydrogens (tertiary/aromatic N) is 3. The molecule has 2 heterocycles. The fourth-order valence-corrected chi connectivity index (χ4v) is 4.09. The number of sulfonamides is 1. The lowest BCUT2D eigenvalue weighted by molar-refractivity contribution is 0.118. The minimum Gasteiger partial charge on any atom is -0.384 e. The van der Waals surface area contributed by atoms with Gasteiger partial charge >= 0.3 is 0 Å². The van der Waals surface area contributed by atoms with Crippen molar-refractivity contribution in [2.24, 2.45) is 5.92 Å². The summed E-state index contributed by atoms with van der Waals surface area (Å²) in [7, 11) is -2.05. The molecule has 0 saturated carbocycles. The second kappa shape index (κ2) is 6.31. The second-order valence-electron chi connectivity index (χ2n) is 4.79. The van der Waals surface area contributed by atoms with Gasteiger partial charge < -0.3 is 4.74 Å². The number of hydrogen-bond acceptors (Lipinski definition) is 5. The summed E-state index contributed by atoms with van der Waals surface area (Å²) in [5.41, 5.74) is -0.0543. The topological polar surface area (TPSA) is 83.3 Å². The van der Waals surface area contributed by atoms with E-state index in [9.17, 15) is 8.42 Å². The van der Waals surface area contributed by atoms with E-state index >= 15 is 0 Å². The fraction of sp³-hybridized carbons (Fsp3) is 0.538. The Kier molecular flexibility index (Phi) is 4.70. The summed E-state index contributed by atoms with van der Waals surface area (Å²) in [5, 5.41) is 9.00. The van der Waals surface area contributed by atoms with Crippen LogP contribution < -0.4 is 0 Å². The molecule has 0 radical (unpaired) electrons. The van der Waals surface area contributed by atoms with Gasteiger partial charge in [0.15, 0.2) is 5.69 Å². The van der Waals surface area contributed by atoms with Gasteiger partial charge in [-0.1, -0.05) is 0 Å². The van der Waals surface area contributed by atoms with Gasteiger partial charge in [-0.3, -0.25) is 0 Å². The average Bonchev–Trinajstić information content (AvgIpc) is 2.48. The van der Waals surface area contributed by atoms with Crippen molar-refractivity contribution in [1.29, 1.82) is 5.26 Å². The fourth-order valence-electron chi connectivity index (χ4n) is 2.44. The van der Waals surface area contributed by atoms with Crippen molar-refractivity contribution < 1.29 is 13.2 Å². The molecule has 0 aromatic carbocycles. The first kappa shape index (κ1) is 14.9. The van der Waals surface area contributed by atoms with Crippen LogP contribution in [0.5, 0.6) is 0 Å². The third-order valence-corrected chi connectivity index (χ3v) is 5.28. The molecule has 1 aromatic heterocycles. The third kappa shape index (κ3) is 2.98. The van der Waals surface area contributed by atoms with Gasteiger partial charge in [-0.15, -0.1) is 0 Å². The Morgan fingerprint density at radius 2 is 2.40 bits per heavy atom. The van der Waals surface area contributed by atoms with E-state index in [-0.39, 0.29) is 16.5 Å². The van der Waals surface area contributed by atoms with Crippen LogP contribution in [-0.2, 0) is 14.8 Å². The molecule has 1 aliphatic heterocycles. The molecule has 0 spiro atoms. The molecule has 0 aliphatic carbocycles. The molecule has 1 aromatic rings. The Balaban J connectivity index is 2.28. The van der Waals surface area contributed by atoms with Crippen molar-refractivity contribution in [1.82, 2.24) is 9.29 Å². The largest absolute Gasteiger partial charge is 0.384 e. The SMILES string of the molecule is COCC1CCCN(S(=O)(=O)c2cccnc2C#N)C1. The van der Waals surface area contributed by atoms with Crippen LogP contribution in [-0.4, -0.2) is 44.5 Å². The molecule has 0 N–H and O–H groups in total. The van der Waals surface area contributed by atoms with Crippen molar-refractivity contribution in [2.75, 3.05) is 26.8 Å². The standard InChI is InChI=1S/C13H17N3O3S/c1-19-10-11-4-3-7-16(9-11)20(17,18)13-5-2-6-15-12(13)8-14/h2,5-6,11H,3-4,7,9-10H2,1H3. The van der Waals surface area contributed by atoms with Gasteiger partial charge in [-0.25, -0.2) is 13.4 Å². The molecule has 0 amide bonds. The highest BCUT2D eigenvalue weighted by Gasteiger charge is 2.32. The number of rotatable bonds is 4. The number of nitriles is 1. The lowest BCUT2D eigenvalue weighted by atomic mass is 10.0. The van der Waals surface area contributed by atoms with Crippen molar-refractivity contribution in [2.45, 2.75) is 17.7 Å². The van der Waals surface area contributed by atoms with Crippen LogP contribution >= 0.6 is 0 Å². The van der Waals surface area contributed by atoms with Crippen molar-refractivity contribution >= 4 is 10.0 Å². The summed E-state index contributed by atoms with van der Waals surface area (Å²) in [6.07, 6.45) is 3.18. The number of hydrogen-bond donors (Lipinski definition) is 0. The number of ether oxygens (including phenoxy) is 1. The van der Waals surface area contributed by atoms with E-state index in [1.807, 2.05) is 6.07 Å². The minimum absolute atomic E-state index is 0.0134. The number of methoxy groups -OCH3 is 1. The lowest BCUT2D eigenvalue weighted by Gasteiger charge is -2.31. The Morgan fingerprint density at radius 1 is 1.60 bits per heavy atom. The first-order valence-electron chi connectivity index (χ1n) is 6.43. The first-order valence-corrected chi connectivity index (χ1v) is 7.87. The van der Waals surface area contributed by atoms with E-state index in [1.165, 1.54) is 22.6 Å². The van der Waals surface area contributed by atoms with E-state index < -0.39 is 10.0 Å². The van der Waals surface area contributed by atoms with Crippen LogP contribution in [0.25, 0.3) is 0 Å². The predicted molar refractivity (Wildman–Crippen MR) is 72.3 cm³/mol. The second-order valence-corrected chi connectivity index (χ2v) is 6.69. The smallest absolute Gasteiger partial charge is 0.245 e. The molecule has 2 rings (SSSR count). The van der Waals surface area contributed by atoms with Crippen molar-refractivity contribution in [3.8, 4) is 6.07 Å². The van der Waals surface area contributed by atoms with Crippen LogP contribution in [0, 0.1) is 17.2 Å². The van der Waals surface area contributed by atoms with Gasteiger partial charge in [-0.2, -0.15) is 9.57 Å². The molecule has 7 heteroatoms.